The molecule has 0 spiro atoms. The Labute approximate surface area is 201 Å². The minimum Gasteiger partial charge on any atom is -0.356 e. The number of hydrogen-bond acceptors (Lipinski definition) is 4. The first-order valence-electron chi connectivity index (χ1n) is 12.1. The summed E-state index contributed by atoms with van der Waals surface area (Å²) in [4.78, 5) is 36.6. The van der Waals surface area contributed by atoms with Crippen LogP contribution in [0.4, 0.5) is 14.6 Å². The van der Waals surface area contributed by atoms with E-state index in [-0.39, 0.29) is 37.4 Å². The van der Waals surface area contributed by atoms with Gasteiger partial charge in [-0.25, -0.2) is 18.6 Å². The van der Waals surface area contributed by atoms with Gasteiger partial charge in [-0.3, -0.25) is 9.78 Å². The molecule has 35 heavy (non-hydrogen) atoms. The second-order valence-electron chi connectivity index (χ2n) is 9.38. The van der Waals surface area contributed by atoms with Crippen LogP contribution in [0, 0.1) is 0 Å². The largest absolute Gasteiger partial charge is 0.356 e. The van der Waals surface area contributed by atoms with Crippen LogP contribution in [0.1, 0.15) is 60.4 Å². The maximum atomic E-state index is 13.7. The van der Waals surface area contributed by atoms with E-state index in [4.69, 9.17) is 0 Å². The zero-order valence-corrected chi connectivity index (χ0v) is 19.4. The molecule has 1 aromatic carbocycles. The van der Waals surface area contributed by atoms with Gasteiger partial charge in [-0.2, -0.15) is 0 Å². The van der Waals surface area contributed by atoms with Crippen molar-refractivity contribution in [1.29, 1.82) is 0 Å². The molecule has 2 aromatic heterocycles. The number of H-pyrrole nitrogens is 2. The molecule has 6 nitrogen and oxygen atoms in total. The van der Waals surface area contributed by atoms with Crippen molar-refractivity contribution in [3.63, 3.8) is 0 Å². The average Bonchev–Trinajstić information content (AvgIpc) is 2.86. The van der Waals surface area contributed by atoms with Gasteiger partial charge in [-0.1, -0.05) is 36.4 Å². The molecule has 2 N–H and O–H groups in total. The second kappa shape index (κ2) is 9.60. The summed E-state index contributed by atoms with van der Waals surface area (Å²) >= 11 is 0. The number of piperidine rings is 1. The van der Waals surface area contributed by atoms with Gasteiger partial charge in [0, 0.05) is 61.3 Å². The molecule has 1 saturated heterocycles. The van der Waals surface area contributed by atoms with Crippen LogP contribution in [-0.2, 0) is 6.42 Å². The van der Waals surface area contributed by atoms with Crippen molar-refractivity contribution in [1.82, 2.24) is 15.0 Å². The van der Waals surface area contributed by atoms with Gasteiger partial charge in [0.25, 0.3) is 11.5 Å². The molecule has 0 bridgehead atoms. The van der Waals surface area contributed by atoms with Crippen molar-refractivity contribution in [3.8, 4) is 0 Å². The third-order valence-corrected chi connectivity index (χ3v) is 7.04. The topological polar surface area (TPSA) is 81.8 Å². The number of pyridine rings is 1. The summed E-state index contributed by atoms with van der Waals surface area (Å²) in [6.07, 6.45) is 6.14. The Balaban J connectivity index is 1.40. The summed E-state index contributed by atoms with van der Waals surface area (Å²) in [7, 11) is 0. The Morgan fingerprint density at radius 2 is 1.80 bits per heavy atom. The number of nitrogens with zero attached hydrogens (tertiary/aromatic N) is 2. The fourth-order valence-corrected chi connectivity index (χ4v) is 5.14. The number of nitrogens with one attached hydrogen (secondary N) is 2. The van der Waals surface area contributed by atoms with Gasteiger partial charge in [-0.05, 0) is 42.5 Å². The van der Waals surface area contributed by atoms with Crippen LogP contribution in [0.5, 0.6) is 0 Å². The predicted molar refractivity (Wildman–Crippen MR) is 132 cm³/mol. The Morgan fingerprint density at radius 1 is 1.03 bits per heavy atom. The van der Waals surface area contributed by atoms with E-state index in [1.54, 1.807) is 6.20 Å². The van der Waals surface area contributed by atoms with Crippen molar-refractivity contribution in [2.24, 2.45) is 0 Å². The fourth-order valence-electron chi connectivity index (χ4n) is 5.14. The highest BCUT2D eigenvalue weighted by Gasteiger charge is 2.35. The molecule has 1 fully saturated rings. The quantitative estimate of drug-likeness (QED) is 0.560. The summed E-state index contributed by atoms with van der Waals surface area (Å²) in [5.74, 6) is -1.84. The highest BCUT2D eigenvalue weighted by molar-refractivity contribution is 5.75. The van der Waals surface area contributed by atoms with Crippen LogP contribution in [0.3, 0.4) is 0 Å². The molecule has 0 saturated carbocycles. The first-order chi connectivity index (χ1) is 16.9. The summed E-state index contributed by atoms with van der Waals surface area (Å²) in [6.45, 7) is 0.563. The maximum absolute atomic E-state index is 13.7. The first kappa shape index (κ1) is 23.2. The summed E-state index contributed by atoms with van der Waals surface area (Å²) in [5, 5.41) is 0. The minimum absolute atomic E-state index is 0.0151. The van der Waals surface area contributed by atoms with E-state index in [1.165, 1.54) is 0 Å². The lowest BCUT2D eigenvalue weighted by Crippen LogP contribution is -2.40. The molecular formula is C27H28F2N4O2. The molecule has 3 heterocycles. The van der Waals surface area contributed by atoms with Gasteiger partial charge < -0.3 is 9.88 Å². The first-order valence-corrected chi connectivity index (χ1v) is 12.1. The fraction of sp³-hybridized carbons (Fsp3) is 0.370. The number of benzene rings is 1. The Morgan fingerprint density at radius 3 is 2.51 bits per heavy atom. The van der Waals surface area contributed by atoms with Crippen LogP contribution in [-0.4, -0.2) is 34.0 Å². The molecule has 1 atom stereocenters. The monoisotopic (exact) mass is 478 g/mol. The van der Waals surface area contributed by atoms with Crippen LogP contribution in [0.25, 0.3) is 5.57 Å². The highest BCUT2D eigenvalue weighted by Crippen LogP contribution is 2.39. The van der Waals surface area contributed by atoms with Crippen LogP contribution in [0.2, 0.25) is 0 Å². The number of allylic oxidation sites excluding steroid dienone is 2. The van der Waals surface area contributed by atoms with Crippen molar-refractivity contribution < 1.29 is 8.78 Å². The number of alkyl halides is 2. The molecule has 2 aliphatic rings. The van der Waals surface area contributed by atoms with Crippen molar-refractivity contribution in [2.75, 3.05) is 18.0 Å². The smallest absolute Gasteiger partial charge is 0.325 e. The van der Waals surface area contributed by atoms with Gasteiger partial charge in [0.15, 0.2) is 0 Å². The zero-order chi connectivity index (χ0) is 24.4. The molecule has 0 amide bonds. The van der Waals surface area contributed by atoms with Gasteiger partial charge in [0.2, 0.25) is 0 Å². The van der Waals surface area contributed by atoms with Crippen molar-refractivity contribution >= 4 is 11.4 Å². The molecule has 1 unspecified atom stereocenters. The van der Waals surface area contributed by atoms with E-state index >= 15 is 0 Å². The van der Waals surface area contributed by atoms with E-state index in [9.17, 15) is 18.4 Å². The molecule has 8 heteroatoms. The number of rotatable bonds is 5. The third-order valence-electron chi connectivity index (χ3n) is 7.04. The summed E-state index contributed by atoms with van der Waals surface area (Å²) < 4.78 is 27.3. The van der Waals surface area contributed by atoms with Crippen molar-refractivity contribution in [2.45, 2.75) is 50.4 Å². The molecule has 182 valence electrons. The van der Waals surface area contributed by atoms with Gasteiger partial charge in [0.05, 0.1) is 0 Å². The van der Waals surface area contributed by atoms with E-state index in [0.29, 0.717) is 24.1 Å². The Bertz CT molecular complexity index is 1340. The molecule has 1 aliphatic heterocycles. The highest BCUT2D eigenvalue weighted by atomic mass is 19.3. The summed E-state index contributed by atoms with van der Waals surface area (Å²) in [6, 6.07) is 13.6. The van der Waals surface area contributed by atoms with E-state index in [2.05, 4.69) is 21.0 Å². The SMILES string of the molecule is O=c1[nH]c(C2CC=C(c3cccnc3N3CCC(F)(F)CC3)CC2)c(Cc2ccccc2)c(=O)[nH]1. The number of anilines is 1. The standard InChI is InChI=1S/C27H28F2N4O2/c28-27(29)12-15-33(16-13-27)24-21(7-4-14-30-24)19-8-10-20(11-9-19)23-22(25(34)32-26(35)31-23)17-18-5-2-1-3-6-18/h1-8,14,20H,9-13,15-17H2,(H2,31,32,34,35). The number of aromatic amines is 2. The van der Waals surface area contributed by atoms with Gasteiger partial charge in [-0.15, -0.1) is 0 Å². The van der Waals surface area contributed by atoms with Crippen LogP contribution >= 0.6 is 0 Å². The minimum atomic E-state index is -2.61. The van der Waals surface area contributed by atoms with E-state index in [1.807, 2.05) is 47.4 Å². The van der Waals surface area contributed by atoms with Crippen LogP contribution in [0.15, 0.2) is 64.3 Å². The zero-order valence-electron chi connectivity index (χ0n) is 19.4. The Kier molecular flexibility index (Phi) is 6.36. The lowest BCUT2D eigenvalue weighted by atomic mass is 9.83. The molecule has 1 aliphatic carbocycles. The summed E-state index contributed by atoms with van der Waals surface area (Å²) in [5.41, 5.74) is 3.55. The molecule has 3 aromatic rings. The van der Waals surface area contributed by atoms with E-state index in [0.717, 1.165) is 35.4 Å². The number of halogens is 2. The Hall–Kier alpha value is -3.55. The van der Waals surface area contributed by atoms with Gasteiger partial charge in [0.1, 0.15) is 5.82 Å². The van der Waals surface area contributed by atoms with E-state index < -0.39 is 11.6 Å². The predicted octanol–water partition coefficient (Wildman–Crippen LogP) is 4.64. The number of hydrogen-bond donors (Lipinski definition) is 2. The molecule has 0 radical (unpaired) electrons. The molecule has 5 rings (SSSR count). The van der Waals surface area contributed by atoms with Gasteiger partial charge >= 0.3 is 5.69 Å². The molecular weight excluding hydrogens is 450 g/mol. The van der Waals surface area contributed by atoms with Crippen molar-refractivity contribution in [3.05, 3.63) is 98.0 Å². The average molecular weight is 479 g/mol. The lowest BCUT2D eigenvalue weighted by molar-refractivity contribution is -0.0221. The second-order valence-corrected chi connectivity index (χ2v) is 9.38. The number of aromatic nitrogens is 3. The van der Waals surface area contributed by atoms with Crippen LogP contribution < -0.4 is 16.1 Å². The third kappa shape index (κ3) is 5.11. The maximum Gasteiger partial charge on any atom is 0.325 e. The lowest BCUT2D eigenvalue weighted by Gasteiger charge is -2.34. The normalized spacial score (nSPS) is 19.9.